The van der Waals surface area contributed by atoms with Crippen LogP contribution in [0.3, 0.4) is 0 Å². The minimum Gasteiger partial charge on any atom is -0.472 e. The molecule has 0 aliphatic heterocycles. The molecule has 1 aromatic heterocycles. The number of hydrogen-bond donors (Lipinski definition) is 1. The summed E-state index contributed by atoms with van der Waals surface area (Å²) in [7, 11) is 0. The van der Waals surface area contributed by atoms with Gasteiger partial charge in [-0.05, 0) is 48.4 Å². The Morgan fingerprint density at radius 3 is 2.41 bits per heavy atom. The molecule has 1 rings (SSSR count). The second-order valence-electron chi connectivity index (χ2n) is 6.45. The van der Waals surface area contributed by atoms with Gasteiger partial charge >= 0.3 is 0 Å². The van der Waals surface area contributed by atoms with Crippen LogP contribution in [0.25, 0.3) is 0 Å². The number of furan rings is 1. The first kappa shape index (κ1) is 14.3. The van der Waals surface area contributed by atoms with Gasteiger partial charge in [-0.15, -0.1) is 0 Å². The van der Waals surface area contributed by atoms with Crippen LogP contribution >= 0.6 is 0 Å². The van der Waals surface area contributed by atoms with Crippen LogP contribution in [0.5, 0.6) is 0 Å². The molecule has 1 aromatic rings. The highest BCUT2D eigenvalue weighted by molar-refractivity contribution is 5.07. The average Bonchev–Trinajstić information content (AvgIpc) is 2.66. The normalized spacial score (nSPS) is 14.2. The Labute approximate surface area is 106 Å². The lowest BCUT2D eigenvalue weighted by Crippen LogP contribution is -2.34. The summed E-state index contributed by atoms with van der Waals surface area (Å²) in [6.07, 6.45) is 4.71. The van der Waals surface area contributed by atoms with E-state index in [9.17, 15) is 0 Å². The van der Waals surface area contributed by atoms with E-state index in [0.29, 0.717) is 17.3 Å². The lowest BCUT2D eigenvalue weighted by atomic mass is 9.77. The van der Waals surface area contributed by atoms with Crippen molar-refractivity contribution in [3.8, 4) is 0 Å². The van der Waals surface area contributed by atoms with E-state index in [1.165, 1.54) is 5.56 Å². The molecule has 1 N–H and O–H groups in total. The largest absolute Gasteiger partial charge is 0.472 e. The molecule has 0 amide bonds. The van der Waals surface area contributed by atoms with Crippen molar-refractivity contribution in [3.63, 3.8) is 0 Å². The van der Waals surface area contributed by atoms with Crippen molar-refractivity contribution < 1.29 is 4.42 Å². The second-order valence-corrected chi connectivity index (χ2v) is 6.45. The second kappa shape index (κ2) is 6.25. The fourth-order valence-electron chi connectivity index (χ4n) is 1.92. The van der Waals surface area contributed by atoms with E-state index in [2.05, 4.69) is 46.0 Å². The van der Waals surface area contributed by atoms with Gasteiger partial charge in [-0.3, -0.25) is 0 Å². The zero-order valence-corrected chi connectivity index (χ0v) is 11.9. The van der Waals surface area contributed by atoms with Gasteiger partial charge in [0.05, 0.1) is 12.5 Å². The summed E-state index contributed by atoms with van der Waals surface area (Å²) >= 11 is 0. The molecule has 0 spiro atoms. The van der Waals surface area contributed by atoms with Crippen LogP contribution in [-0.2, 0) is 6.42 Å². The maximum Gasteiger partial charge on any atom is 0.0934 e. The molecule has 17 heavy (non-hydrogen) atoms. The van der Waals surface area contributed by atoms with E-state index in [1.54, 1.807) is 6.26 Å². The molecule has 0 aromatic carbocycles. The molecule has 2 heteroatoms. The van der Waals surface area contributed by atoms with Crippen LogP contribution in [0.4, 0.5) is 0 Å². The van der Waals surface area contributed by atoms with Gasteiger partial charge in [0.2, 0.25) is 0 Å². The fourth-order valence-corrected chi connectivity index (χ4v) is 1.92. The summed E-state index contributed by atoms with van der Waals surface area (Å²) in [5.74, 6) is 1.35. The van der Waals surface area contributed by atoms with Gasteiger partial charge in [0.25, 0.3) is 0 Å². The number of rotatable bonds is 6. The lowest BCUT2D eigenvalue weighted by molar-refractivity contribution is 0.228. The molecule has 0 aliphatic rings. The van der Waals surface area contributed by atoms with Crippen molar-refractivity contribution in [3.05, 3.63) is 24.2 Å². The maximum absolute atomic E-state index is 5.15. The van der Waals surface area contributed by atoms with Gasteiger partial charge in [0.15, 0.2) is 0 Å². The third kappa shape index (κ3) is 5.40. The van der Waals surface area contributed by atoms with Crippen molar-refractivity contribution in [1.29, 1.82) is 0 Å². The maximum atomic E-state index is 5.15. The number of nitrogens with one attached hydrogen (secondary N) is 1. The molecule has 1 unspecified atom stereocenters. The van der Waals surface area contributed by atoms with E-state index in [1.807, 2.05) is 6.26 Å². The third-order valence-corrected chi connectivity index (χ3v) is 3.23. The van der Waals surface area contributed by atoms with E-state index in [-0.39, 0.29) is 0 Å². The quantitative estimate of drug-likeness (QED) is 0.815. The highest BCUT2D eigenvalue weighted by Gasteiger charge is 2.24. The molecule has 0 fully saturated rings. The van der Waals surface area contributed by atoms with Crippen molar-refractivity contribution in [2.75, 3.05) is 13.1 Å². The molecule has 98 valence electrons. The first-order valence-corrected chi connectivity index (χ1v) is 6.61. The monoisotopic (exact) mass is 237 g/mol. The Hall–Kier alpha value is -0.760. The summed E-state index contributed by atoms with van der Waals surface area (Å²) in [4.78, 5) is 0. The smallest absolute Gasteiger partial charge is 0.0934 e. The van der Waals surface area contributed by atoms with Gasteiger partial charge in [0.1, 0.15) is 0 Å². The average molecular weight is 237 g/mol. The summed E-state index contributed by atoms with van der Waals surface area (Å²) < 4.78 is 5.15. The summed E-state index contributed by atoms with van der Waals surface area (Å²) in [6, 6.07) is 2.07. The van der Waals surface area contributed by atoms with E-state index < -0.39 is 0 Å². The molecule has 0 bridgehead atoms. The molecule has 0 aliphatic carbocycles. The van der Waals surface area contributed by atoms with Gasteiger partial charge in [0, 0.05) is 0 Å². The van der Waals surface area contributed by atoms with Crippen LogP contribution in [0.1, 0.15) is 40.2 Å². The standard InChI is InChI=1S/C15H27NO/c1-12(2)9-16-10-14(15(3,4)5)8-13-6-7-17-11-13/h6-7,11-12,14,16H,8-10H2,1-5H3. The Bertz CT molecular complexity index is 295. The number of hydrogen-bond acceptors (Lipinski definition) is 2. The van der Waals surface area contributed by atoms with E-state index in [4.69, 9.17) is 4.42 Å². The Balaban J connectivity index is 2.50. The third-order valence-electron chi connectivity index (χ3n) is 3.23. The molecule has 0 saturated heterocycles. The topological polar surface area (TPSA) is 25.2 Å². The molecule has 1 atom stereocenters. The van der Waals surface area contributed by atoms with Crippen LogP contribution in [0.2, 0.25) is 0 Å². The van der Waals surface area contributed by atoms with Crippen LogP contribution in [-0.4, -0.2) is 13.1 Å². The lowest BCUT2D eigenvalue weighted by Gasteiger charge is -2.31. The van der Waals surface area contributed by atoms with Crippen molar-refractivity contribution in [1.82, 2.24) is 5.32 Å². The van der Waals surface area contributed by atoms with Crippen LogP contribution < -0.4 is 5.32 Å². The Morgan fingerprint density at radius 2 is 1.94 bits per heavy atom. The SMILES string of the molecule is CC(C)CNCC(Cc1ccoc1)C(C)(C)C. The molecular formula is C15H27NO. The fraction of sp³-hybridized carbons (Fsp3) is 0.733. The van der Waals surface area contributed by atoms with Crippen molar-refractivity contribution >= 4 is 0 Å². The van der Waals surface area contributed by atoms with Crippen molar-refractivity contribution in [2.24, 2.45) is 17.3 Å². The molecule has 0 radical (unpaired) electrons. The highest BCUT2D eigenvalue weighted by Crippen LogP contribution is 2.28. The Morgan fingerprint density at radius 1 is 1.24 bits per heavy atom. The van der Waals surface area contributed by atoms with Crippen molar-refractivity contribution in [2.45, 2.75) is 41.0 Å². The minimum atomic E-state index is 0.321. The summed E-state index contributed by atoms with van der Waals surface area (Å²) in [5.41, 5.74) is 1.62. The van der Waals surface area contributed by atoms with E-state index >= 15 is 0 Å². The Kier molecular flexibility index (Phi) is 5.26. The zero-order chi connectivity index (χ0) is 12.9. The minimum absolute atomic E-state index is 0.321. The first-order valence-electron chi connectivity index (χ1n) is 6.61. The van der Waals surface area contributed by atoms with Gasteiger partial charge in [-0.2, -0.15) is 0 Å². The summed E-state index contributed by atoms with van der Waals surface area (Å²) in [5, 5.41) is 3.57. The van der Waals surface area contributed by atoms with Crippen LogP contribution in [0, 0.1) is 17.3 Å². The van der Waals surface area contributed by atoms with Gasteiger partial charge < -0.3 is 9.73 Å². The van der Waals surface area contributed by atoms with Gasteiger partial charge in [-0.25, -0.2) is 0 Å². The predicted octanol–water partition coefficient (Wildman–Crippen LogP) is 3.73. The predicted molar refractivity (Wildman–Crippen MR) is 73.1 cm³/mol. The highest BCUT2D eigenvalue weighted by atomic mass is 16.3. The zero-order valence-electron chi connectivity index (χ0n) is 11.9. The van der Waals surface area contributed by atoms with Gasteiger partial charge in [-0.1, -0.05) is 34.6 Å². The molecule has 0 saturated carbocycles. The molecule has 2 nitrogen and oxygen atoms in total. The van der Waals surface area contributed by atoms with Crippen LogP contribution in [0.15, 0.2) is 23.0 Å². The summed E-state index contributed by atoms with van der Waals surface area (Å²) in [6.45, 7) is 13.6. The molecular weight excluding hydrogens is 210 g/mol. The first-order chi connectivity index (χ1) is 7.89. The van der Waals surface area contributed by atoms with E-state index in [0.717, 1.165) is 19.5 Å². The molecule has 1 heterocycles.